The molecule has 0 aliphatic carbocycles. The predicted octanol–water partition coefficient (Wildman–Crippen LogP) is 1.30. The number of benzene rings is 1. The Kier molecular flexibility index (Phi) is 2.83. The molecule has 82 valence electrons. The Morgan fingerprint density at radius 1 is 1.31 bits per heavy atom. The number of nitrogens with two attached hydrogens (primary N) is 1. The second-order valence-electron chi connectivity index (χ2n) is 3.59. The second kappa shape index (κ2) is 4.28. The van der Waals surface area contributed by atoms with Gasteiger partial charge in [0.25, 0.3) is 0 Å². The highest BCUT2D eigenvalue weighted by Gasteiger charge is 2.19. The number of aryl methyl sites for hydroxylation is 1. The molecule has 4 nitrogen and oxygen atoms in total. The molecule has 0 saturated carbocycles. The normalized spacial score (nSPS) is 12.4. The molecule has 2 rings (SSSR count). The third kappa shape index (κ3) is 1.87. The lowest BCUT2D eigenvalue weighted by Crippen LogP contribution is -2.23. The van der Waals surface area contributed by atoms with Crippen molar-refractivity contribution in [2.45, 2.75) is 6.04 Å². The summed E-state index contributed by atoms with van der Waals surface area (Å²) in [7, 11) is 1.73. The maximum Gasteiger partial charge on any atom is 0.201 e. The number of Topliss-reactive ketones (excluding diaryl/α,β-unsaturated/α-hetero) is 1. The second-order valence-corrected chi connectivity index (χ2v) is 3.59. The van der Waals surface area contributed by atoms with Crippen LogP contribution in [0.25, 0.3) is 0 Å². The largest absolute Gasteiger partial charge is 0.317 e. The fourth-order valence-electron chi connectivity index (χ4n) is 1.59. The van der Waals surface area contributed by atoms with Gasteiger partial charge in [-0.2, -0.15) is 5.10 Å². The number of aromatic nitrogens is 2. The first kappa shape index (κ1) is 10.6. The fourth-order valence-corrected chi connectivity index (χ4v) is 1.59. The van der Waals surface area contributed by atoms with Gasteiger partial charge in [-0.3, -0.25) is 9.48 Å². The van der Waals surface area contributed by atoms with E-state index in [-0.39, 0.29) is 5.78 Å². The van der Waals surface area contributed by atoms with E-state index in [1.165, 1.54) is 4.68 Å². The molecule has 0 radical (unpaired) electrons. The topological polar surface area (TPSA) is 60.9 Å². The molecule has 0 aliphatic rings. The average molecular weight is 215 g/mol. The van der Waals surface area contributed by atoms with Gasteiger partial charge in [-0.25, -0.2) is 0 Å². The first-order valence-corrected chi connectivity index (χ1v) is 5.03. The summed E-state index contributed by atoms with van der Waals surface area (Å²) >= 11 is 0. The zero-order valence-electron chi connectivity index (χ0n) is 9.00. The highest BCUT2D eigenvalue weighted by atomic mass is 16.1. The van der Waals surface area contributed by atoms with Crippen molar-refractivity contribution in [1.82, 2.24) is 9.78 Å². The molecule has 0 fully saturated rings. The Morgan fingerprint density at radius 3 is 2.56 bits per heavy atom. The average Bonchev–Trinajstić information content (AvgIpc) is 2.75. The van der Waals surface area contributed by atoms with Crippen LogP contribution >= 0.6 is 0 Å². The van der Waals surface area contributed by atoms with Crippen LogP contribution in [-0.4, -0.2) is 15.6 Å². The molecular formula is C12H13N3O. The number of rotatable bonds is 3. The SMILES string of the molecule is Cn1nccc1C(=O)[C@H](N)c1ccccc1. The van der Waals surface area contributed by atoms with Crippen LogP contribution < -0.4 is 5.73 Å². The van der Waals surface area contributed by atoms with E-state index < -0.39 is 6.04 Å². The zero-order chi connectivity index (χ0) is 11.5. The molecule has 2 aromatic rings. The van der Waals surface area contributed by atoms with Crippen molar-refractivity contribution >= 4 is 5.78 Å². The smallest absolute Gasteiger partial charge is 0.201 e. The summed E-state index contributed by atoms with van der Waals surface area (Å²) in [6.07, 6.45) is 1.59. The van der Waals surface area contributed by atoms with E-state index in [1.807, 2.05) is 30.3 Å². The first-order chi connectivity index (χ1) is 7.70. The van der Waals surface area contributed by atoms with Crippen molar-refractivity contribution in [1.29, 1.82) is 0 Å². The first-order valence-electron chi connectivity index (χ1n) is 5.03. The monoisotopic (exact) mass is 215 g/mol. The maximum absolute atomic E-state index is 12.0. The van der Waals surface area contributed by atoms with Crippen LogP contribution in [0.3, 0.4) is 0 Å². The minimum atomic E-state index is -0.628. The standard InChI is InChI=1S/C12H13N3O/c1-15-10(7-8-14-15)12(16)11(13)9-5-3-2-4-6-9/h2-8,11H,13H2,1H3/t11-/m1/s1. The Labute approximate surface area is 93.7 Å². The number of hydrogen-bond donors (Lipinski definition) is 1. The highest BCUT2D eigenvalue weighted by Crippen LogP contribution is 2.15. The van der Waals surface area contributed by atoms with E-state index in [2.05, 4.69) is 5.10 Å². The van der Waals surface area contributed by atoms with E-state index in [0.29, 0.717) is 5.69 Å². The number of nitrogens with zero attached hydrogens (tertiary/aromatic N) is 2. The van der Waals surface area contributed by atoms with Crippen LogP contribution in [0.15, 0.2) is 42.6 Å². The number of carbonyl (C=O) groups is 1. The van der Waals surface area contributed by atoms with E-state index >= 15 is 0 Å². The van der Waals surface area contributed by atoms with Gasteiger partial charge < -0.3 is 5.73 Å². The molecule has 0 amide bonds. The van der Waals surface area contributed by atoms with Gasteiger partial charge >= 0.3 is 0 Å². The van der Waals surface area contributed by atoms with Gasteiger partial charge in [0.15, 0.2) is 0 Å². The van der Waals surface area contributed by atoms with Crippen LogP contribution in [0.2, 0.25) is 0 Å². The van der Waals surface area contributed by atoms with E-state index in [9.17, 15) is 4.79 Å². The lowest BCUT2D eigenvalue weighted by molar-refractivity contribution is 0.0952. The lowest BCUT2D eigenvalue weighted by Gasteiger charge is -2.10. The number of hydrogen-bond acceptors (Lipinski definition) is 3. The Bertz CT molecular complexity index is 490. The van der Waals surface area contributed by atoms with Gasteiger partial charge in [-0.15, -0.1) is 0 Å². The lowest BCUT2D eigenvalue weighted by atomic mass is 10.0. The van der Waals surface area contributed by atoms with Crippen molar-refractivity contribution in [3.8, 4) is 0 Å². The summed E-state index contributed by atoms with van der Waals surface area (Å²) in [6.45, 7) is 0. The van der Waals surface area contributed by atoms with Crippen molar-refractivity contribution in [2.75, 3.05) is 0 Å². The van der Waals surface area contributed by atoms with Crippen molar-refractivity contribution in [3.05, 3.63) is 53.9 Å². The van der Waals surface area contributed by atoms with Crippen molar-refractivity contribution in [2.24, 2.45) is 12.8 Å². The quantitative estimate of drug-likeness (QED) is 0.785. The van der Waals surface area contributed by atoms with E-state index in [1.54, 1.807) is 19.3 Å². The Hall–Kier alpha value is -1.94. The van der Waals surface area contributed by atoms with Crippen LogP contribution in [0.4, 0.5) is 0 Å². The molecule has 1 atom stereocenters. The molecule has 4 heteroatoms. The maximum atomic E-state index is 12.0. The molecule has 0 unspecified atom stereocenters. The molecule has 1 aromatic heterocycles. The summed E-state index contributed by atoms with van der Waals surface area (Å²) in [5.41, 5.74) is 7.25. The van der Waals surface area contributed by atoms with Gasteiger partial charge in [0, 0.05) is 13.2 Å². The molecule has 1 heterocycles. The van der Waals surface area contributed by atoms with Crippen LogP contribution in [0, 0.1) is 0 Å². The molecular weight excluding hydrogens is 202 g/mol. The summed E-state index contributed by atoms with van der Waals surface area (Å²) in [4.78, 5) is 12.0. The van der Waals surface area contributed by atoms with Crippen LogP contribution in [0.5, 0.6) is 0 Å². The van der Waals surface area contributed by atoms with Gasteiger partial charge in [0.05, 0.1) is 6.04 Å². The van der Waals surface area contributed by atoms with Gasteiger partial charge in [0.2, 0.25) is 5.78 Å². The third-order valence-electron chi connectivity index (χ3n) is 2.51. The Morgan fingerprint density at radius 2 is 2.00 bits per heavy atom. The van der Waals surface area contributed by atoms with Crippen molar-refractivity contribution in [3.63, 3.8) is 0 Å². The fraction of sp³-hybridized carbons (Fsp3) is 0.167. The van der Waals surface area contributed by atoms with E-state index in [0.717, 1.165) is 5.56 Å². The Balaban J connectivity index is 2.27. The minimum absolute atomic E-state index is 0.119. The molecule has 0 spiro atoms. The van der Waals surface area contributed by atoms with Gasteiger partial charge in [-0.05, 0) is 11.6 Å². The van der Waals surface area contributed by atoms with Crippen LogP contribution in [-0.2, 0) is 7.05 Å². The molecule has 0 aliphatic heterocycles. The highest BCUT2D eigenvalue weighted by molar-refractivity contribution is 5.99. The molecule has 0 saturated heterocycles. The predicted molar refractivity (Wildman–Crippen MR) is 60.9 cm³/mol. The molecule has 0 bridgehead atoms. The summed E-state index contributed by atoms with van der Waals surface area (Å²) in [6, 6.07) is 10.4. The number of carbonyl (C=O) groups excluding carboxylic acids is 1. The summed E-state index contributed by atoms with van der Waals surface area (Å²) < 4.78 is 1.53. The summed E-state index contributed by atoms with van der Waals surface area (Å²) in [5.74, 6) is -0.119. The van der Waals surface area contributed by atoms with E-state index in [4.69, 9.17) is 5.73 Å². The zero-order valence-corrected chi connectivity index (χ0v) is 9.00. The molecule has 2 N–H and O–H groups in total. The van der Waals surface area contributed by atoms with Crippen molar-refractivity contribution < 1.29 is 4.79 Å². The molecule has 1 aromatic carbocycles. The molecule has 16 heavy (non-hydrogen) atoms. The van der Waals surface area contributed by atoms with Gasteiger partial charge in [0.1, 0.15) is 5.69 Å². The van der Waals surface area contributed by atoms with Gasteiger partial charge in [-0.1, -0.05) is 30.3 Å². The minimum Gasteiger partial charge on any atom is -0.317 e. The third-order valence-corrected chi connectivity index (χ3v) is 2.51. The van der Waals surface area contributed by atoms with Crippen LogP contribution in [0.1, 0.15) is 22.1 Å². The summed E-state index contributed by atoms with van der Waals surface area (Å²) in [5, 5.41) is 3.95. The number of ketones is 1.